The number of fused-ring (bicyclic) bond motifs is 4. The van der Waals surface area contributed by atoms with Gasteiger partial charge in [-0.2, -0.15) is 0 Å². The van der Waals surface area contributed by atoms with E-state index in [0.29, 0.717) is 17.2 Å². The lowest BCUT2D eigenvalue weighted by Crippen LogP contribution is -2.33. The number of phenolic OH excluding ortho intramolecular Hbond substituents is 1. The molecule has 0 bridgehead atoms. The molecule has 0 saturated heterocycles. The van der Waals surface area contributed by atoms with Crippen LogP contribution >= 0.6 is 0 Å². The average molecular weight is 370 g/mol. The predicted molar refractivity (Wildman–Crippen MR) is 106 cm³/mol. The molecule has 0 radical (unpaired) electrons. The standard InChI is InChI=1S/C22H18N4O2/c1-12-2-4-14(5-3-12)18-19-16-10-15(27)8-6-13(16)7-9-17(19)28-22-20(18)21(23)26(24)11-25-22/h2-11,18,23,27H,24H2,1H3/t18-/m1/s1. The highest BCUT2D eigenvalue weighted by atomic mass is 16.5. The van der Waals surface area contributed by atoms with Gasteiger partial charge in [0, 0.05) is 11.5 Å². The lowest BCUT2D eigenvalue weighted by Gasteiger charge is -2.29. The quantitative estimate of drug-likeness (QED) is 0.393. The number of hydrogen-bond donors (Lipinski definition) is 3. The van der Waals surface area contributed by atoms with Gasteiger partial charge in [-0.05, 0) is 41.5 Å². The minimum absolute atomic E-state index is 0.137. The number of aromatic nitrogens is 2. The summed E-state index contributed by atoms with van der Waals surface area (Å²) in [6.45, 7) is 2.04. The smallest absolute Gasteiger partial charge is 0.228 e. The second-order valence-corrected chi connectivity index (χ2v) is 7.05. The molecule has 2 heterocycles. The molecule has 1 aliphatic rings. The van der Waals surface area contributed by atoms with E-state index in [4.69, 9.17) is 16.0 Å². The summed E-state index contributed by atoms with van der Waals surface area (Å²) >= 11 is 0. The Morgan fingerprint density at radius 1 is 1.07 bits per heavy atom. The van der Waals surface area contributed by atoms with Crippen LogP contribution in [-0.4, -0.2) is 14.8 Å². The van der Waals surface area contributed by atoms with Crippen molar-refractivity contribution in [1.82, 2.24) is 9.66 Å². The van der Waals surface area contributed by atoms with Crippen LogP contribution in [0.5, 0.6) is 17.4 Å². The van der Waals surface area contributed by atoms with Crippen LogP contribution in [0.1, 0.15) is 28.2 Å². The van der Waals surface area contributed by atoms with E-state index in [1.807, 2.05) is 49.4 Å². The third-order valence-corrected chi connectivity index (χ3v) is 5.24. The van der Waals surface area contributed by atoms with Crippen molar-refractivity contribution in [3.05, 3.63) is 88.7 Å². The first kappa shape index (κ1) is 16.4. The first-order chi connectivity index (χ1) is 13.5. The largest absolute Gasteiger partial charge is 0.508 e. The highest BCUT2D eigenvalue weighted by molar-refractivity contribution is 5.91. The van der Waals surface area contributed by atoms with E-state index < -0.39 is 0 Å². The molecule has 28 heavy (non-hydrogen) atoms. The highest BCUT2D eigenvalue weighted by Crippen LogP contribution is 2.48. The van der Waals surface area contributed by atoms with Crippen LogP contribution in [0.25, 0.3) is 10.8 Å². The van der Waals surface area contributed by atoms with E-state index >= 15 is 0 Å². The average Bonchev–Trinajstić information content (AvgIpc) is 2.70. The third-order valence-electron chi connectivity index (χ3n) is 5.24. The predicted octanol–water partition coefficient (Wildman–Crippen LogP) is 3.53. The Kier molecular flexibility index (Phi) is 3.42. The number of nitrogens with zero attached hydrogens (tertiary/aromatic N) is 2. The Morgan fingerprint density at radius 3 is 2.61 bits per heavy atom. The van der Waals surface area contributed by atoms with Crippen molar-refractivity contribution < 1.29 is 9.84 Å². The highest BCUT2D eigenvalue weighted by Gasteiger charge is 2.33. The maximum atomic E-state index is 10.1. The lowest BCUT2D eigenvalue weighted by atomic mass is 9.81. The zero-order chi connectivity index (χ0) is 19.4. The van der Waals surface area contributed by atoms with E-state index in [2.05, 4.69) is 4.98 Å². The number of nitrogens with two attached hydrogens (primary N) is 1. The van der Waals surface area contributed by atoms with Gasteiger partial charge >= 0.3 is 0 Å². The van der Waals surface area contributed by atoms with E-state index in [0.717, 1.165) is 27.5 Å². The number of nitrogen functional groups attached to an aromatic ring is 1. The number of rotatable bonds is 1. The Morgan fingerprint density at radius 2 is 1.82 bits per heavy atom. The number of phenols is 1. The number of ether oxygens (including phenoxy) is 1. The molecule has 5 rings (SSSR count). The molecule has 4 N–H and O–H groups in total. The maximum Gasteiger partial charge on any atom is 0.228 e. The summed E-state index contributed by atoms with van der Waals surface area (Å²) in [7, 11) is 0. The molecule has 1 aromatic heterocycles. The van der Waals surface area contributed by atoms with Gasteiger partial charge in [0.25, 0.3) is 0 Å². The van der Waals surface area contributed by atoms with Gasteiger partial charge in [0.1, 0.15) is 17.8 Å². The normalized spacial score (nSPS) is 15.0. The first-order valence-corrected chi connectivity index (χ1v) is 8.94. The van der Waals surface area contributed by atoms with Crippen LogP contribution in [0, 0.1) is 12.3 Å². The molecular formula is C22H18N4O2. The molecule has 0 amide bonds. The molecule has 0 saturated carbocycles. The van der Waals surface area contributed by atoms with Gasteiger partial charge in [-0.3, -0.25) is 5.41 Å². The van der Waals surface area contributed by atoms with Crippen LogP contribution in [-0.2, 0) is 0 Å². The summed E-state index contributed by atoms with van der Waals surface area (Å²) in [5.74, 6) is 6.87. The molecule has 3 aromatic carbocycles. The van der Waals surface area contributed by atoms with E-state index in [-0.39, 0.29) is 17.2 Å². The minimum atomic E-state index is -0.291. The van der Waals surface area contributed by atoms with Crippen molar-refractivity contribution in [2.45, 2.75) is 12.8 Å². The molecule has 138 valence electrons. The van der Waals surface area contributed by atoms with Crippen molar-refractivity contribution in [2.75, 3.05) is 5.84 Å². The summed E-state index contributed by atoms with van der Waals surface area (Å²) in [4.78, 5) is 4.32. The molecule has 0 spiro atoms. The third kappa shape index (κ3) is 2.35. The number of hydrogen-bond acceptors (Lipinski definition) is 5. The van der Waals surface area contributed by atoms with E-state index in [9.17, 15) is 5.11 Å². The number of benzene rings is 3. The van der Waals surface area contributed by atoms with E-state index in [1.54, 1.807) is 12.1 Å². The minimum Gasteiger partial charge on any atom is -0.508 e. The molecular weight excluding hydrogens is 352 g/mol. The molecule has 1 aliphatic heterocycles. The summed E-state index contributed by atoms with van der Waals surface area (Å²) in [5.41, 5.74) is 3.80. The van der Waals surface area contributed by atoms with Crippen LogP contribution in [0.4, 0.5) is 0 Å². The van der Waals surface area contributed by atoms with Gasteiger partial charge in [-0.15, -0.1) is 0 Å². The van der Waals surface area contributed by atoms with E-state index in [1.165, 1.54) is 11.0 Å². The number of aromatic hydroxyl groups is 1. The second-order valence-electron chi connectivity index (χ2n) is 7.05. The monoisotopic (exact) mass is 370 g/mol. The maximum absolute atomic E-state index is 10.1. The summed E-state index contributed by atoms with van der Waals surface area (Å²) in [5, 5.41) is 20.5. The Labute approximate surface area is 161 Å². The molecule has 0 fully saturated rings. The molecule has 1 atom stereocenters. The van der Waals surface area contributed by atoms with Gasteiger partial charge < -0.3 is 15.7 Å². The Bertz CT molecular complexity index is 1290. The Balaban J connectivity index is 1.90. The SMILES string of the molecule is Cc1ccc([C@H]2c3c(ncn(N)c3=N)Oc3ccc4ccc(O)cc4c32)cc1. The van der Waals surface area contributed by atoms with Crippen molar-refractivity contribution in [3.63, 3.8) is 0 Å². The van der Waals surface area contributed by atoms with Crippen molar-refractivity contribution in [3.8, 4) is 17.4 Å². The van der Waals surface area contributed by atoms with Crippen LogP contribution in [0.15, 0.2) is 60.9 Å². The first-order valence-electron chi connectivity index (χ1n) is 8.94. The molecule has 0 aliphatic carbocycles. The van der Waals surface area contributed by atoms with Gasteiger partial charge in [-0.25, -0.2) is 9.66 Å². The molecule has 6 nitrogen and oxygen atoms in total. The topological polar surface area (TPSA) is 97.2 Å². The molecule has 4 aromatic rings. The summed E-state index contributed by atoms with van der Waals surface area (Å²) < 4.78 is 7.25. The zero-order valence-electron chi connectivity index (χ0n) is 15.2. The fourth-order valence-electron chi connectivity index (χ4n) is 3.86. The summed E-state index contributed by atoms with van der Waals surface area (Å²) in [6, 6.07) is 17.3. The van der Waals surface area contributed by atoms with Crippen molar-refractivity contribution in [2.24, 2.45) is 0 Å². The van der Waals surface area contributed by atoms with Crippen LogP contribution < -0.4 is 16.1 Å². The molecule has 0 unspecified atom stereocenters. The van der Waals surface area contributed by atoms with Crippen LogP contribution in [0.3, 0.4) is 0 Å². The van der Waals surface area contributed by atoms with Gasteiger partial charge in [0.15, 0.2) is 5.49 Å². The van der Waals surface area contributed by atoms with Crippen molar-refractivity contribution >= 4 is 10.8 Å². The van der Waals surface area contributed by atoms with Gasteiger partial charge in [0.05, 0.1) is 5.56 Å². The van der Waals surface area contributed by atoms with Crippen LogP contribution in [0.2, 0.25) is 0 Å². The second kappa shape index (κ2) is 5.85. The fourth-order valence-corrected chi connectivity index (χ4v) is 3.86. The fraction of sp³-hybridized carbons (Fsp3) is 0.0909. The van der Waals surface area contributed by atoms with Gasteiger partial charge in [0.2, 0.25) is 5.88 Å². The number of aryl methyl sites for hydroxylation is 1. The summed E-state index contributed by atoms with van der Waals surface area (Å²) in [6.07, 6.45) is 1.38. The van der Waals surface area contributed by atoms with Gasteiger partial charge in [-0.1, -0.05) is 42.0 Å². The van der Waals surface area contributed by atoms with Crippen molar-refractivity contribution in [1.29, 1.82) is 5.41 Å². The molecule has 6 heteroatoms. The lowest BCUT2D eigenvalue weighted by molar-refractivity contribution is 0.427. The number of nitrogens with one attached hydrogen (secondary N) is 1. The zero-order valence-corrected chi connectivity index (χ0v) is 15.2. The Hall–Kier alpha value is -3.80.